The Bertz CT molecular complexity index is 820. The lowest BCUT2D eigenvalue weighted by molar-refractivity contribution is -0.115. The summed E-state index contributed by atoms with van der Waals surface area (Å²) in [6.07, 6.45) is -0.222. The first-order valence-corrected chi connectivity index (χ1v) is 8.85. The Morgan fingerprint density at radius 1 is 1.17 bits per heavy atom. The number of carbonyl (C=O) groups excluding carboxylic acids is 1. The average molecular weight is 356 g/mol. The molecule has 2 aromatic carbocycles. The lowest BCUT2D eigenvalue weighted by Crippen LogP contribution is -2.17. The van der Waals surface area contributed by atoms with Crippen LogP contribution in [0.25, 0.3) is 0 Å². The summed E-state index contributed by atoms with van der Waals surface area (Å²) in [5, 5.41) is 2.39. The first-order valence-electron chi connectivity index (χ1n) is 6.82. The van der Waals surface area contributed by atoms with Gasteiger partial charge < -0.3 is 5.32 Å². The van der Waals surface area contributed by atoms with Gasteiger partial charge in [0, 0.05) is 12.1 Å². The van der Waals surface area contributed by atoms with Gasteiger partial charge in [0.15, 0.2) is 9.84 Å². The molecule has 0 saturated carbocycles. The maximum absolute atomic E-state index is 13.3. The minimum Gasteiger partial charge on any atom is -0.326 e. The predicted octanol–water partition coefficient (Wildman–Crippen LogP) is 3.59. The molecule has 0 radical (unpaired) electrons. The second kappa shape index (κ2) is 7.10. The average Bonchev–Trinajstić information content (AvgIpc) is 2.50. The molecule has 0 aliphatic rings. The van der Waals surface area contributed by atoms with Crippen LogP contribution in [0.3, 0.4) is 0 Å². The predicted molar refractivity (Wildman–Crippen MR) is 87.9 cm³/mol. The van der Waals surface area contributed by atoms with E-state index in [9.17, 15) is 17.6 Å². The fraction of sp³-hybridized carbons (Fsp3) is 0.188. The van der Waals surface area contributed by atoms with Crippen molar-refractivity contribution in [1.82, 2.24) is 0 Å². The maximum Gasteiger partial charge on any atom is 0.225 e. The molecule has 2 rings (SSSR count). The number of hydrogen-bond acceptors (Lipinski definition) is 3. The zero-order valence-electron chi connectivity index (χ0n) is 12.3. The minimum absolute atomic E-state index is 0.0510. The van der Waals surface area contributed by atoms with Crippen LogP contribution in [0.15, 0.2) is 47.4 Å². The fourth-order valence-electron chi connectivity index (χ4n) is 1.89. The van der Waals surface area contributed by atoms with Gasteiger partial charge in [-0.1, -0.05) is 29.3 Å². The number of anilines is 1. The summed E-state index contributed by atoms with van der Waals surface area (Å²) < 4.78 is 37.6. The normalized spacial score (nSPS) is 11.3. The Kier molecular flexibility index (Phi) is 5.38. The van der Waals surface area contributed by atoms with Crippen LogP contribution in [0.1, 0.15) is 12.0 Å². The van der Waals surface area contributed by atoms with Crippen molar-refractivity contribution in [2.75, 3.05) is 11.1 Å². The Morgan fingerprint density at radius 2 is 1.83 bits per heavy atom. The Morgan fingerprint density at radius 3 is 2.43 bits per heavy atom. The third-order valence-electron chi connectivity index (χ3n) is 3.18. The van der Waals surface area contributed by atoms with Gasteiger partial charge in [-0.25, -0.2) is 12.8 Å². The first kappa shape index (κ1) is 17.4. The van der Waals surface area contributed by atoms with Crippen molar-refractivity contribution in [1.29, 1.82) is 0 Å². The van der Waals surface area contributed by atoms with Crippen LogP contribution in [-0.4, -0.2) is 20.1 Å². The number of hydrogen-bond donors (Lipinski definition) is 1. The molecule has 122 valence electrons. The van der Waals surface area contributed by atoms with E-state index >= 15 is 0 Å². The van der Waals surface area contributed by atoms with E-state index in [0.29, 0.717) is 0 Å². The zero-order valence-corrected chi connectivity index (χ0v) is 13.9. The highest BCUT2D eigenvalue weighted by atomic mass is 35.5. The second-order valence-corrected chi connectivity index (χ2v) is 7.58. The van der Waals surface area contributed by atoms with E-state index < -0.39 is 21.6 Å². The van der Waals surface area contributed by atoms with Crippen molar-refractivity contribution in [2.24, 2.45) is 0 Å². The number of carbonyl (C=O) groups is 1. The molecule has 4 nitrogen and oxygen atoms in total. The molecular weight excluding hydrogens is 341 g/mol. The van der Waals surface area contributed by atoms with Crippen LogP contribution in [0, 0.1) is 12.7 Å². The number of aryl methyl sites for hydroxylation is 1. The van der Waals surface area contributed by atoms with E-state index in [2.05, 4.69) is 5.32 Å². The van der Waals surface area contributed by atoms with Crippen molar-refractivity contribution in [3.05, 3.63) is 58.9 Å². The molecule has 1 amide bonds. The van der Waals surface area contributed by atoms with Crippen molar-refractivity contribution in [3.63, 3.8) is 0 Å². The summed E-state index contributed by atoms with van der Waals surface area (Å²) in [4.78, 5) is 12.0. The smallest absolute Gasteiger partial charge is 0.225 e. The molecule has 0 heterocycles. The monoisotopic (exact) mass is 355 g/mol. The van der Waals surface area contributed by atoms with Gasteiger partial charge in [0.25, 0.3) is 0 Å². The highest BCUT2D eigenvalue weighted by Crippen LogP contribution is 2.19. The Hall–Kier alpha value is -1.92. The van der Waals surface area contributed by atoms with Gasteiger partial charge in [-0.2, -0.15) is 0 Å². The standard InChI is InChI=1S/C16H15ClFNO3S/c1-11-2-5-13(6-3-11)23(21,22)9-8-16(20)19-12-4-7-14(17)15(18)10-12/h2-7,10H,8-9H2,1H3,(H,19,20). The van der Waals surface area contributed by atoms with E-state index in [0.717, 1.165) is 11.6 Å². The fourth-order valence-corrected chi connectivity index (χ4v) is 3.25. The molecule has 7 heteroatoms. The summed E-state index contributed by atoms with van der Waals surface area (Å²) >= 11 is 5.55. The van der Waals surface area contributed by atoms with Gasteiger partial charge >= 0.3 is 0 Å². The number of rotatable bonds is 5. The number of sulfone groups is 1. The lowest BCUT2D eigenvalue weighted by Gasteiger charge is -2.07. The molecule has 23 heavy (non-hydrogen) atoms. The van der Waals surface area contributed by atoms with Gasteiger partial charge in [0.2, 0.25) is 5.91 Å². The zero-order chi connectivity index (χ0) is 17.0. The highest BCUT2D eigenvalue weighted by molar-refractivity contribution is 7.91. The number of halogens is 2. The summed E-state index contributed by atoms with van der Waals surface area (Å²) in [6, 6.07) is 10.3. The third kappa shape index (κ3) is 4.77. The van der Waals surface area contributed by atoms with Crippen molar-refractivity contribution < 1.29 is 17.6 Å². The maximum atomic E-state index is 13.3. The van der Waals surface area contributed by atoms with Crippen LogP contribution >= 0.6 is 11.6 Å². The number of nitrogens with one attached hydrogen (secondary N) is 1. The first-order chi connectivity index (χ1) is 10.8. The molecule has 0 bridgehead atoms. The molecule has 0 aliphatic heterocycles. The van der Waals surface area contributed by atoms with Crippen LogP contribution in [0.4, 0.5) is 10.1 Å². The minimum atomic E-state index is -3.54. The Balaban J connectivity index is 1.98. The second-order valence-electron chi connectivity index (χ2n) is 5.06. The van der Waals surface area contributed by atoms with E-state index in [1.54, 1.807) is 12.1 Å². The van der Waals surface area contributed by atoms with Crippen molar-refractivity contribution >= 4 is 33.0 Å². The molecule has 0 atom stereocenters. The SMILES string of the molecule is Cc1ccc(S(=O)(=O)CCC(=O)Nc2ccc(Cl)c(F)c2)cc1. The molecule has 0 unspecified atom stereocenters. The molecule has 1 N–H and O–H groups in total. The summed E-state index contributed by atoms with van der Waals surface area (Å²) in [5.41, 5.74) is 1.18. The molecular formula is C16H15ClFNO3S. The van der Waals surface area contributed by atoms with E-state index in [1.807, 2.05) is 6.92 Å². The molecule has 0 aliphatic carbocycles. The van der Waals surface area contributed by atoms with E-state index in [-0.39, 0.29) is 27.8 Å². The summed E-state index contributed by atoms with van der Waals surface area (Å²) in [6.45, 7) is 1.86. The van der Waals surface area contributed by atoms with Crippen molar-refractivity contribution in [2.45, 2.75) is 18.2 Å². The van der Waals surface area contributed by atoms with Gasteiger partial charge in [-0.15, -0.1) is 0 Å². The van der Waals surface area contributed by atoms with Crippen LogP contribution < -0.4 is 5.32 Å². The third-order valence-corrected chi connectivity index (χ3v) is 5.22. The summed E-state index contributed by atoms with van der Waals surface area (Å²) in [5.74, 6) is -1.49. The lowest BCUT2D eigenvalue weighted by atomic mass is 10.2. The largest absolute Gasteiger partial charge is 0.326 e. The van der Waals surface area contributed by atoms with Crippen LogP contribution in [-0.2, 0) is 14.6 Å². The van der Waals surface area contributed by atoms with Gasteiger partial charge in [0.05, 0.1) is 15.7 Å². The quantitative estimate of drug-likeness (QED) is 0.891. The molecule has 0 aromatic heterocycles. The van der Waals surface area contributed by atoms with Gasteiger partial charge in [-0.3, -0.25) is 4.79 Å². The van der Waals surface area contributed by atoms with Gasteiger partial charge in [0.1, 0.15) is 5.82 Å². The van der Waals surface area contributed by atoms with Crippen LogP contribution in [0.2, 0.25) is 5.02 Å². The molecule has 2 aromatic rings. The van der Waals surface area contributed by atoms with Crippen LogP contribution in [0.5, 0.6) is 0 Å². The van der Waals surface area contributed by atoms with Crippen molar-refractivity contribution in [3.8, 4) is 0 Å². The molecule has 0 spiro atoms. The summed E-state index contributed by atoms with van der Waals surface area (Å²) in [7, 11) is -3.54. The number of amides is 1. The van der Waals surface area contributed by atoms with E-state index in [4.69, 9.17) is 11.6 Å². The Labute approximate surface area is 139 Å². The molecule has 0 fully saturated rings. The highest BCUT2D eigenvalue weighted by Gasteiger charge is 2.16. The van der Waals surface area contributed by atoms with Gasteiger partial charge in [-0.05, 0) is 37.3 Å². The van der Waals surface area contributed by atoms with E-state index in [1.165, 1.54) is 24.3 Å². The molecule has 0 saturated heterocycles. The number of benzene rings is 2. The topological polar surface area (TPSA) is 63.2 Å².